The first-order valence-corrected chi connectivity index (χ1v) is 11.0. The molecule has 2 aromatic heterocycles. The van der Waals surface area contributed by atoms with Crippen LogP contribution in [-0.4, -0.2) is 37.0 Å². The maximum atomic E-state index is 13.3. The Morgan fingerprint density at radius 2 is 1.84 bits per heavy atom. The second-order valence-electron chi connectivity index (χ2n) is 7.20. The quantitative estimate of drug-likeness (QED) is 0.284. The van der Waals surface area contributed by atoms with E-state index in [-0.39, 0.29) is 35.2 Å². The van der Waals surface area contributed by atoms with Crippen molar-refractivity contribution in [3.8, 4) is 0 Å². The van der Waals surface area contributed by atoms with E-state index in [1.807, 2.05) is 0 Å². The highest BCUT2D eigenvalue weighted by atomic mass is 32.2. The summed E-state index contributed by atoms with van der Waals surface area (Å²) in [5.74, 6) is -0.714. The van der Waals surface area contributed by atoms with Crippen molar-refractivity contribution >= 4 is 28.9 Å². The Morgan fingerprint density at radius 3 is 2.52 bits per heavy atom. The average Bonchev–Trinajstić information content (AvgIpc) is 3.12. The Hall–Kier alpha value is -2.88. The molecule has 2 heterocycles. The van der Waals surface area contributed by atoms with Crippen LogP contribution in [0.25, 0.3) is 11.2 Å². The molecule has 0 fully saturated rings. The van der Waals surface area contributed by atoms with Crippen LogP contribution in [0, 0.1) is 5.82 Å². The Bertz CT molecular complexity index is 1200. The molecular formula is C21H25FN4O4S. The minimum absolute atomic E-state index is 0.0210. The lowest BCUT2D eigenvalue weighted by Crippen LogP contribution is -2.37. The molecular weight excluding hydrogens is 423 g/mol. The fourth-order valence-electron chi connectivity index (χ4n) is 3.16. The third-order valence-corrected chi connectivity index (χ3v) is 5.85. The third kappa shape index (κ3) is 5.07. The molecule has 3 rings (SSSR count). The lowest BCUT2D eigenvalue weighted by atomic mass is 10.2. The van der Waals surface area contributed by atoms with E-state index in [0.29, 0.717) is 11.8 Å². The number of imidazole rings is 1. The van der Waals surface area contributed by atoms with Gasteiger partial charge in [-0.05, 0) is 24.1 Å². The highest BCUT2D eigenvalue weighted by Crippen LogP contribution is 2.23. The highest BCUT2D eigenvalue weighted by Gasteiger charge is 2.20. The summed E-state index contributed by atoms with van der Waals surface area (Å²) in [6.45, 7) is 2.67. The molecule has 0 atom stereocenters. The van der Waals surface area contributed by atoms with Gasteiger partial charge >= 0.3 is 11.7 Å². The number of hydrogen-bond acceptors (Lipinski definition) is 6. The van der Waals surface area contributed by atoms with Crippen molar-refractivity contribution in [3.63, 3.8) is 0 Å². The fourth-order valence-corrected chi connectivity index (χ4v) is 3.95. The largest absolute Gasteiger partial charge is 0.465 e. The van der Waals surface area contributed by atoms with Crippen LogP contribution in [0.2, 0.25) is 0 Å². The lowest BCUT2D eigenvalue weighted by Gasteiger charge is -2.10. The summed E-state index contributed by atoms with van der Waals surface area (Å²) < 4.78 is 22.5. The van der Waals surface area contributed by atoms with Gasteiger partial charge in [-0.3, -0.25) is 18.7 Å². The van der Waals surface area contributed by atoms with Gasteiger partial charge in [0.05, 0.1) is 18.9 Å². The first-order valence-electron chi connectivity index (χ1n) is 10.0. The second-order valence-corrected chi connectivity index (χ2v) is 8.14. The molecule has 1 aromatic carbocycles. The summed E-state index contributed by atoms with van der Waals surface area (Å²) >= 11 is 1.14. The number of aryl methyl sites for hydroxylation is 1. The van der Waals surface area contributed by atoms with Crippen molar-refractivity contribution < 1.29 is 13.9 Å². The van der Waals surface area contributed by atoms with E-state index in [2.05, 4.69) is 11.9 Å². The van der Waals surface area contributed by atoms with Crippen molar-refractivity contribution in [2.24, 2.45) is 14.1 Å². The fraction of sp³-hybridized carbons (Fsp3) is 0.429. The standard InChI is InChI=1S/C21H25FN4O4S/c1-4-5-6-11-30-16(27)13-31-20-23-18-17(19(28)25(3)21(29)24(18)2)26(20)12-14-7-9-15(22)10-8-14/h7-10H,4-6,11-13H2,1-3H3. The average molecular weight is 449 g/mol. The summed E-state index contributed by atoms with van der Waals surface area (Å²) in [6.07, 6.45) is 2.84. The predicted octanol–water partition coefficient (Wildman–Crippen LogP) is 2.45. The van der Waals surface area contributed by atoms with Gasteiger partial charge < -0.3 is 9.30 Å². The molecule has 0 aliphatic heterocycles. The normalized spacial score (nSPS) is 11.2. The van der Waals surface area contributed by atoms with Crippen LogP contribution in [0.5, 0.6) is 0 Å². The molecule has 0 N–H and O–H groups in total. The molecule has 0 spiro atoms. The number of aromatic nitrogens is 4. The van der Waals surface area contributed by atoms with Crippen LogP contribution in [0.15, 0.2) is 39.0 Å². The zero-order valence-corrected chi connectivity index (χ0v) is 18.6. The summed E-state index contributed by atoms with van der Waals surface area (Å²) in [7, 11) is 2.94. The number of carbonyl (C=O) groups is 1. The smallest absolute Gasteiger partial charge is 0.332 e. The van der Waals surface area contributed by atoms with Crippen molar-refractivity contribution in [1.29, 1.82) is 0 Å². The lowest BCUT2D eigenvalue weighted by molar-refractivity contribution is -0.140. The number of ether oxygens (including phenoxy) is 1. The molecule has 10 heteroatoms. The van der Waals surface area contributed by atoms with E-state index in [4.69, 9.17) is 4.74 Å². The number of rotatable bonds is 9. The van der Waals surface area contributed by atoms with E-state index in [1.54, 1.807) is 16.7 Å². The zero-order valence-electron chi connectivity index (χ0n) is 17.8. The van der Waals surface area contributed by atoms with Gasteiger partial charge in [-0.1, -0.05) is 43.7 Å². The number of benzene rings is 1. The number of carbonyl (C=O) groups excluding carboxylic acids is 1. The van der Waals surface area contributed by atoms with E-state index in [0.717, 1.165) is 41.2 Å². The van der Waals surface area contributed by atoms with Crippen molar-refractivity contribution in [3.05, 3.63) is 56.5 Å². The van der Waals surface area contributed by atoms with Crippen LogP contribution < -0.4 is 11.2 Å². The molecule has 0 unspecified atom stereocenters. The number of thioether (sulfide) groups is 1. The van der Waals surface area contributed by atoms with Gasteiger partial charge in [0.25, 0.3) is 5.56 Å². The van der Waals surface area contributed by atoms with Crippen LogP contribution in [-0.2, 0) is 30.2 Å². The topological polar surface area (TPSA) is 88.1 Å². The number of esters is 1. The zero-order chi connectivity index (χ0) is 22.5. The summed E-state index contributed by atoms with van der Waals surface area (Å²) in [4.78, 5) is 41.7. The SMILES string of the molecule is CCCCCOC(=O)CSc1nc2c(c(=O)n(C)c(=O)n2C)n1Cc1ccc(F)cc1. The van der Waals surface area contributed by atoms with Crippen LogP contribution in [0.1, 0.15) is 31.7 Å². The van der Waals surface area contributed by atoms with Gasteiger partial charge in [0.2, 0.25) is 0 Å². The molecule has 0 radical (unpaired) electrons. The predicted molar refractivity (Wildman–Crippen MR) is 117 cm³/mol. The molecule has 0 aliphatic rings. The second kappa shape index (κ2) is 9.95. The molecule has 31 heavy (non-hydrogen) atoms. The number of fused-ring (bicyclic) bond motifs is 1. The van der Waals surface area contributed by atoms with Gasteiger partial charge in [-0.15, -0.1) is 0 Å². The van der Waals surface area contributed by atoms with E-state index >= 15 is 0 Å². The maximum absolute atomic E-state index is 13.3. The molecule has 166 valence electrons. The summed E-state index contributed by atoms with van der Waals surface area (Å²) in [5, 5.41) is 0.406. The van der Waals surface area contributed by atoms with Gasteiger partial charge in [0.1, 0.15) is 5.82 Å². The van der Waals surface area contributed by atoms with E-state index in [9.17, 15) is 18.8 Å². The number of hydrogen-bond donors (Lipinski definition) is 0. The third-order valence-electron chi connectivity index (χ3n) is 4.90. The van der Waals surface area contributed by atoms with Crippen LogP contribution >= 0.6 is 11.8 Å². The van der Waals surface area contributed by atoms with E-state index in [1.165, 1.54) is 30.8 Å². The van der Waals surface area contributed by atoms with Crippen molar-refractivity contribution in [2.45, 2.75) is 37.9 Å². The summed E-state index contributed by atoms with van der Waals surface area (Å²) in [6, 6.07) is 5.90. The monoisotopic (exact) mass is 448 g/mol. The maximum Gasteiger partial charge on any atom is 0.332 e. The first-order chi connectivity index (χ1) is 14.8. The molecule has 8 nitrogen and oxygen atoms in total. The molecule has 0 saturated carbocycles. The molecule has 0 bridgehead atoms. The number of halogens is 1. The number of nitrogens with zero attached hydrogens (tertiary/aromatic N) is 4. The van der Waals surface area contributed by atoms with Gasteiger partial charge in [-0.2, -0.15) is 0 Å². The molecule has 0 amide bonds. The first kappa shape index (κ1) is 22.8. The minimum atomic E-state index is -0.490. The molecule has 0 saturated heterocycles. The van der Waals surface area contributed by atoms with Crippen molar-refractivity contribution in [2.75, 3.05) is 12.4 Å². The van der Waals surface area contributed by atoms with Crippen LogP contribution in [0.4, 0.5) is 4.39 Å². The van der Waals surface area contributed by atoms with E-state index < -0.39 is 11.2 Å². The van der Waals surface area contributed by atoms with Crippen LogP contribution in [0.3, 0.4) is 0 Å². The highest BCUT2D eigenvalue weighted by molar-refractivity contribution is 7.99. The molecule has 0 aliphatic carbocycles. The summed E-state index contributed by atoms with van der Waals surface area (Å²) in [5.41, 5.74) is 0.250. The Labute approximate surface area is 182 Å². The Kier molecular flexibility index (Phi) is 7.32. The van der Waals surface area contributed by atoms with Crippen molar-refractivity contribution in [1.82, 2.24) is 18.7 Å². The van der Waals surface area contributed by atoms with Gasteiger partial charge in [0.15, 0.2) is 16.3 Å². The number of unbranched alkanes of at least 4 members (excludes halogenated alkanes) is 2. The van der Waals surface area contributed by atoms with Gasteiger partial charge in [-0.25, -0.2) is 14.2 Å². The Balaban J connectivity index is 1.95. The Morgan fingerprint density at radius 1 is 1.13 bits per heavy atom. The minimum Gasteiger partial charge on any atom is -0.465 e. The van der Waals surface area contributed by atoms with Gasteiger partial charge in [0, 0.05) is 14.1 Å². The molecule has 3 aromatic rings.